The van der Waals surface area contributed by atoms with E-state index in [0.29, 0.717) is 26.1 Å². The van der Waals surface area contributed by atoms with Crippen LogP contribution in [0.2, 0.25) is 0 Å². The van der Waals surface area contributed by atoms with Gasteiger partial charge in [0.25, 0.3) is 16.1 Å². The van der Waals surface area contributed by atoms with E-state index in [-0.39, 0.29) is 24.8 Å². The van der Waals surface area contributed by atoms with E-state index in [1.165, 1.54) is 26.1 Å². The number of carbonyl (C=O) groups is 1. The molecule has 2 aliphatic rings. The number of rotatable bonds is 6. The zero-order valence-corrected chi connectivity index (χ0v) is 14.7. The van der Waals surface area contributed by atoms with Crippen molar-refractivity contribution in [1.82, 2.24) is 13.9 Å². The number of nitrogens with one attached hydrogen (secondary N) is 1. The van der Waals surface area contributed by atoms with Crippen molar-refractivity contribution in [2.45, 2.75) is 37.4 Å². The van der Waals surface area contributed by atoms with E-state index < -0.39 is 21.8 Å². The summed E-state index contributed by atoms with van der Waals surface area (Å²) in [7, 11) is 0.878. The van der Waals surface area contributed by atoms with Gasteiger partial charge >= 0.3 is 0 Å². The van der Waals surface area contributed by atoms with Crippen molar-refractivity contribution in [3.63, 3.8) is 0 Å². The van der Waals surface area contributed by atoms with Crippen molar-refractivity contribution in [2.24, 2.45) is 5.92 Å². The first-order valence-electron chi connectivity index (χ1n) is 7.86. The van der Waals surface area contributed by atoms with E-state index in [1.807, 2.05) is 0 Å². The average molecular weight is 351 g/mol. The van der Waals surface area contributed by atoms with Crippen molar-refractivity contribution in [3.8, 4) is 0 Å². The highest BCUT2D eigenvalue weighted by atomic mass is 32.2. The number of alkyl halides is 1. The summed E-state index contributed by atoms with van der Waals surface area (Å²) in [6, 6.07) is -0.330. The molecule has 134 valence electrons. The Morgan fingerprint density at radius 2 is 2.09 bits per heavy atom. The number of carbonyl (C=O) groups excluding carboxylic acids is 1. The summed E-state index contributed by atoms with van der Waals surface area (Å²) in [4.78, 5) is 13.8. The Morgan fingerprint density at radius 3 is 2.57 bits per heavy atom. The van der Waals surface area contributed by atoms with Crippen LogP contribution >= 0.6 is 0 Å². The van der Waals surface area contributed by atoms with Gasteiger partial charge in [-0.1, -0.05) is 0 Å². The number of amides is 1. The molecule has 0 spiro atoms. The second-order valence-electron chi connectivity index (χ2n) is 6.59. The van der Waals surface area contributed by atoms with Gasteiger partial charge in [0.05, 0.1) is 6.61 Å². The molecule has 1 aliphatic carbocycles. The number of hydrogen-bond donors (Lipinski definition) is 1. The van der Waals surface area contributed by atoms with E-state index in [0.717, 1.165) is 10.7 Å². The number of piperidine rings is 1. The lowest BCUT2D eigenvalue weighted by Gasteiger charge is -2.43. The predicted molar refractivity (Wildman–Crippen MR) is 83.8 cm³/mol. The molecule has 0 bridgehead atoms. The smallest absolute Gasteiger partial charge is 0.279 e. The minimum atomic E-state index is -3.56. The topological polar surface area (TPSA) is 79.0 Å². The third kappa shape index (κ3) is 4.01. The van der Waals surface area contributed by atoms with Gasteiger partial charge in [-0.05, 0) is 25.7 Å². The van der Waals surface area contributed by atoms with Crippen molar-refractivity contribution in [2.75, 3.05) is 40.9 Å². The molecule has 1 N–H and O–H groups in total. The SMILES string of the molecule is COC[C@@H]1CN(C(=O)C2(F)CCC2)CC[C@@H]1NS(=O)(=O)N(C)C. The molecule has 1 amide bonds. The van der Waals surface area contributed by atoms with Crippen molar-refractivity contribution in [3.05, 3.63) is 0 Å². The van der Waals surface area contributed by atoms with E-state index in [4.69, 9.17) is 4.74 Å². The van der Waals surface area contributed by atoms with Crippen LogP contribution in [0.1, 0.15) is 25.7 Å². The number of likely N-dealkylation sites (tertiary alicyclic amines) is 1. The fourth-order valence-electron chi connectivity index (χ4n) is 3.04. The fourth-order valence-corrected chi connectivity index (χ4v) is 3.94. The normalized spacial score (nSPS) is 27.8. The average Bonchev–Trinajstić information content (AvgIpc) is 2.45. The Morgan fingerprint density at radius 1 is 1.43 bits per heavy atom. The standard InChI is InChI=1S/C14H26FN3O4S/c1-17(2)23(20,21)16-12-5-8-18(9-11(12)10-22-3)13(19)14(15)6-4-7-14/h11-12,16H,4-10H2,1-3H3/t11-,12-/m0/s1. The van der Waals surface area contributed by atoms with Gasteiger partial charge in [-0.25, -0.2) is 4.39 Å². The van der Waals surface area contributed by atoms with E-state index in [2.05, 4.69) is 4.72 Å². The lowest BCUT2D eigenvalue weighted by Crippen LogP contribution is -2.59. The molecule has 23 heavy (non-hydrogen) atoms. The van der Waals surface area contributed by atoms with Gasteiger partial charge in [0, 0.05) is 46.3 Å². The van der Waals surface area contributed by atoms with Crippen molar-refractivity contribution < 1.29 is 22.3 Å². The Kier molecular flexibility index (Phi) is 5.65. The van der Waals surface area contributed by atoms with Crippen LogP contribution in [0.3, 0.4) is 0 Å². The van der Waals surface area contributed by atoms with E-state index in [9.17, 15) is 17.6 Å². The number of hydrogen-bond acceptors (Lipinski definition) is 4. The second kappa shape index (κ2) is 7.00. The van der Waals surface area contributed by atoms with Crippen LogP contribution in [-0.4, -0.2) is 76.1 Å². The first-order chi connectivity index (χ1) is 10.7. The zero-order valence-electron chi connectivity index (χ0n) is 13.9. The molecular formula is C14H26FN3O4S. The third-order valence-corrected chi connectivity index (χ3v) is 6.27. The highest BCUT2D eigenvalue weighted by Gasteiger charge is 2.48. The van der Waals surface area contributed by atoms with Gasteiger partial charge in [0.15, 0.2) is 5.67 Å². The summed E-state index contributed by atoms with van der Waals surface area (Å²) in [6.45, 7) is 0.966. The lowest BCUT2D eigenvalue weighted by molar-refractivity contribution is -0.152. The summed E-state index contributed by atoms with van der Waals surface area (Å²) in [6.07, 6.45) is 1.76. The van der Waals surface area contributed by atoms with Gasteiger partial charge in [0.1, 0.15) is 0 Å². The molecule has 2 fully saturated rings. The Hall–Kier alpha value is -0.770. The maximum atomic E-state index is 14.3. The van der Waals surface area contributed by atoms with Crippen LogP contribution in [0, 0.1) is 5.92 Å². The summed E-state index contributed by atoms with van der Waals surface area (Å²) >= 11 is 0. The number of nitrogens with zero attached hydrogens (tertiary/aromatic N) is 2. The lowest BCUT2D eigenvalue weighted by atomic mass is 9.80. The van der Waals surface area contributed by atoms with Crippen LogP contribution in [0.5, 0.6) is 0 Å². The van der Waals surface area contributed by atoms with E-state index in [1.54, 1.807) is 0 Å². The summed E-state index contributed by atoms with van der Waals surface area (Å²) in [5.41, 5.74) is -1.71. The molecule has 0 aromatic heterocycles. The number of halogens is 1. The highest BCUT2D eigenvalue weighted by Crippen LogP contribution is 2.38. The first kappa shape index (κ1) is 18.6. The maximum absolute atomic E-state index is 14.3. The first-order valence-corrected chi connectivity index (χ1v) is 9.30. The van der Waals surface area contributed by atoms with Crippen LogP contribution in [0.15, 0.2) is 0 Å². The van der Waals surface area contributed by atoms with Gasteiger partial charge in [-0.15, -0.1) is 0 Å². The molecule has 1 saturated carbocycles. The second-order valence-corrected chi connectivity index (χ2v) is 8.50. The number of methoxy groups -OCH3 is 1. The van der Waals surface area contributed by atoms with Crippen LogP contribution in [0.4, 0.5) is 4.39 Å². The summed E-state index contributed by atoms with van der Waals surface area (Å²) < 4.78 is 47.3. The molecule has 2 atom stereocenters. The van der Waals surface area contributed by atoms with Crippen molar-refractivity contribution in [1.29, 1.82) is 0 Å². The minimum Gasteiger partial charge on any atom is -0.384 e. The van der Waals surface area contributed by atoms with Crippen LogP contribution < -0.4 is 4.72 Å². The fraction of sp³-hybridized carbons (Fsp3) is 0.929. The molecule has 0 radical (unpaired) electrons. The molecule has 0 aromatic carbocycles. The zero-order chi connectivity index (χ0) is 17.3. The Balaban J connectivity index is 2.04. The summed E-state index contributed by atoms with van der Waals surface area (Å²) in [5, 5.41) is 0. The monoisotopic (exact) mass is 351 g/mol. The van der Waals surface area contributed by atoms with Crippen LogP contribution in [0.25, 0.3) is 0 Å². The Bertz CT molecular complexity index is 536. The molecule has 1 aliphatic heterocycles. The highest BCUT2D eigenvalue weighted by molar-refractivity contribution is 7.87. The molecule has 0 unspecified atom stereocenters. The van der Waals surface area contributed by atoms with Gasteiger partial charge in [-0.2, -0.15) is 17.4 Å². The quantitative estimate of drug-likeness (QED) is 0.738. The van der Waals surface area contributed by atoms with Crippen molar-refractivity contribution >= 4 is 16.1 Å². The van der Waals surface area contributed by atoms with Crippen LogP contribution in [-0.2, 0) is 19.7 Å². The number of ether oxygens (including phenoxy) is 1. The molecule has 9 heteroatoms. The Labute approximate surface area is 137 Å². The van der Waals surface area contributed by atoms with Gasteiger partial charge in [0.2, 0.25) is 0 Å². The molecule has 1 saturated heterocycles. The summed E-state index contributed by atoms with van der Waals surface area (Å²) in [5.74, 6) is -0.658. The van der Waals surface area contributed by atoms with Gasteiger partial charge in [-0.3, -0.25) is 4.79 Å². The third-order valence-electron chi connectivity index (χ3n) is 4.71. The molecule has 2 rings (SSSR count). The predicted octanol–water partition coefficient (Wildman–Crippen LogP) is 0.138. The molecule has 1 heterocycles. The largest absolute Gasteiger partial charge is 0.384 e. The van der Waals surface area contributed by atoms with E-state index >= 15 is 0 Å². The minimum absolute atomic E-state index is 0.198. The molecule has 0 aromatic rings. The molecular weight excluding hydrogens is 325 g/mol. The maximum Gasteiger partial charge on any atom is 0.279 e. The van der Waals surface area contributed by atoms with Gasteiger partial charge < -0.3 is 9.64 Å². The molecule has 7 nitrogen and oxygen atoms in total.